The van der Waals surface area contributed by atoms with Gasteiger partial charge in [0.15, 0.2) is 0 Å². The Morgan fingerprint density at radius 2 is 1.59 bits per heavy atom. The minimum atomic E-state index is -3.65. The summed E-state index contributed by atoms with van der Waals surface area (Å²) in [4.78, 5) is 23.8. The third kappa shape index (κ3) is 7.52. The van der Waals surface area contributed by atoms with Gasteiger partial charge in [0.2, 0.25) is 15.9 Å². The molecule has 32 heavy (non-hydrogen) atoms. The van der Waals surface area contributed by atoms with E-state index >= 15 is 0 Å². The van der Waals surface area contributed by atoms with Crippen molar-refractivity contribution in [3.63, 3.8) is 0 Å². The van der Waals surface area contributed by atoms with E-state index in [2.05, 4.69) is 42.0 Å². The van der Waals surface area contributed by atoms with Crippen LogP contribution in [0.5, 0.6) is 0 Å². The summed E-state index contributed by atoms with van der Waals surface area (Å²) >= 11 is 0. The minimum Gasteiger partial charge on any atom is -0.352 e. The quantitative estimate of drug-likeness (QED) is 0.505. The minimum absolute atomic E-state index is 0.0574. The maximum atomic E-state index is 12.6. The van der Waals surface area contributed by atoms with E-state index in [4.69, 9.17) is 6.42 Å². The van der Waals surface area contributed by atoms with E-state index in [-0.39, 0.29) is 48.2 Å². The number of hydrogen-bond acceptors (Lipinski definition) is 4. The van der Waals surface area contributed by atoms with Gasteiger partial charge in [-0.15, -0.1) is 6.42 Å². The standard InChI is InChI=1S/C24H29N3O4S/c1-5-15-25-22(28)14-16-26-23(29)19-8-6-18(7-9-19)17-27-32(30,31)21-12-10-20(11-13-21)24(2,3)4/h1,6-13,27H,14-17H2,2-4H3,(H,25,28)(H,26,29). The van der Waals surface area contributed by atoms with E-state index in [1.165, 1.54) is 0 Å². The Kier molecular flexibility index (Phi) is 8.58. The SMILES string of the molecule is C#CCNC(=O)CCNC(=O)c1ccc(CNS(=O)(=O)c2ccc(C(C)(C)C)cc2)cc1. The lowest BCUT2D eigenvalue weighted by molar-refractivity contribution is -0.120. The Balaban J connectivity index is 1.88. The first-order valence-corrected chi connectivity index (χ1v) is 11.7. The molecule has 0 radical (unpaired) electrons. The molecular weight excluding hydrogens is 426 g/mol. The normalized spacial score (nSPS) is 11.4. The highest BCUT2D eigenvalue weighted by atomic mass is 32.2. The van der Waals surface area contributed by atoms with Gasteiger partial charge in [-0.05, 0) is 40.8 Å². The first-order valence-electron chi connectivity index (χ1n) is 10.2. The van der Waals surface area contributed by atoms with Gasteiger partial charge in [-0.2, -0.15) is 0 Å². The Labute approximate surface area is 190 Å². The zero-order valence-electron chi connectivity index (χ0n) is 18.6. The van der Waals surface area contributed by atoms with Crippen molar-refractivity contribution in [2.75, 3.05) is 13.1 Å². The average molecular weight is 456 g/mol. The van der Waals surface area contributed by atoms with Crippen LogP contribution < -0.4 is 15.4 Å². The molecule has 0 aliphatic heterocycles. The number of hydrogen-bond donors (Lipinski definition) is 3. The van der Waals surface area contributed by atoms with Gasteiger partial charge in [0.1, 0.15) is 0 Å². The first-order chi connectivity index (χ1) is 15.0. The molecule has 2 aromatic carbocycles. The van der Waals surface area contributed by atoms with E-state index in [9.17, 15) is 18.0 Å². The molecule has 0 aliphatic rings. The van der Waals surface area contributed by atoms with E-state index < -0.39 is 10.0 Å². The Hall–Kier alpha value is -3.15. The number of terminal acetylenes is 1. The number of nitrogens with one attached hydrogen (secondary N) is 3. The molecule has 0 atom stereocenters. The predicted molar refractivity (Wildman–Crippen MR) is 124 cm³/mol. The fourth-order valence-corrected chi connectivity index (χ4v) is 3.82. The maximum absolute atomic E-state index is 12.6. The third-order valence-corrected chi connectivity index (χ3v) is 6.16. The van der Waals surface area contributed by atoms with Crippen LogP contribution in [0.3, 0.4) is 0 Å². The fourth-order valence-electron chi connectivity index (χ4n) is 2.80. The summed E-state index contributed by atoms with van der Waals surface area (Å²) in [6, 6.07) is 13.4. The van der Waals surface area contributed by atoms with Gasteiger partial charge < -0.3 is 10.6 Å². The van der Waals surface area contributed by atoms with E-state index in [1.807, 2.05) is 12.1 Å². The summed E-state index contributed by atoms with van der Waals surface area (Å²) in [5.74, 6) is 1.75. The highest BCUT2D eigenvalue weighted by Crippen LogP contribution is 2.23. The van der Waals surface area contributed by atoms with Crippen molar-refractivity contribution < 1.29 is 18.0 Å². The van der Waals surface area contributed by atoms with Gasteiger partial charge in [0.25, 0.3) is 5.91 Å². The number of sulfonamides is 1. The highest BCUT2D eigenvalue weighted by molar-refractivity contribution is 7.89. The van der Waals surface area contributed by atoms with Gasteiger partial charge in [-0.25, -0.2) is 13.1 Å². The molecule has 0 bridgehead atoms. The van der Waals surface area contributed by atoms with Crippen LogP contribution in [0.2, 0.25) is 0 Å². The molecule has 0 spiro atoms. The van der Waals surface area contributed by atoms with Gasteiger partial charge >= 0.3 is 0 Å². The monoisotopic (exact) mass is 455 g/mol. The molecule has 0 aromatic heterocycles. The lowest BCUT2D eigenvalue weighted by Crippen LogP contribution is -2.30. The molecule has 0 unspecified atom stereocenters. The molecule has 0 fully saturated rings. The first kappa shape index (κ1) is 25.1. The largest absolute Gasteiger partial charge is 0.352 e. The van der Waals surface area contributed by atoms with Gasteiger partial charge in [-0.1, -0.05) is 51.0 Å². The van der Waals surface area contributed by atoms with Crippen LogP contribution in [0.4, 0.5) is 0 Å². The molecule has 2 aromatic rings. The second kappa shape index (κ2) is 10.9. The molecule has 7 nitrogen and oxygen atoms in total. The number of carbonyl (C=O) groups is 2. The lowest BCUT2D eigenvalue weighted by atomic mass is 9.87. The van der Waals surface area contributed by atoms with Crippen LogP contribution in [0, 0.1) is 12.3 Å². The van der Waals surface area contributed by atoms with Crippen molar-refractivity contribution in [2.45, 2.75) is 44.0 Å². The predicted octanol–water partition coefficient (Wildman–Crippen LogP) is 2.33. The molecule has 3 N–H and O–H groups in total. The van der Waals surface area contributed by atoms with Crippen molar-refractivity contribution in [1.29, 1.82) is 0 Å². The van der Waals surface area contributed by atoms with Crippen LogP contribution in [0.15, 0.2) is 53.4 Å². The summed E-state index contributed by atoms with van der Waals surface area (Å²) in [7, 11) is -3.65. The molecule has 170 valence electrons. The van der Waals surface area contributed by atoms with E-state index in [0.717, 1.165) is 5.56 Å². The Bertz CT molecular complexity index is 1080. The molecule has 2 amide bonds. The van der Waals surface area contributed by atoms with Crippen LogP contribution in [0.25, 0.3) is 0 Å². The van der Waals surface area contributed by atoms with Gasteiger partial charge in [-0.3, -0.25) is 9.59 Å². The zero-order chi connectivity index (χ0) is 23.8. The second-order valence-corrected chi connectivity index (χ2v) is 10.0. The molecular formula is C24H29N3O4S. The highest BCUT2D eigenvalue weighted by Gasteiger charge is 2.17. The molecule has 0 saturated heterocycles. The summed E-state index contributed by atoms with van der Waals surface area (Å²) in [6.45, 7) is 6.63. The smallest absolute Gasteiger partial charge is 0.251 e. The molecule has 2 rings (SSSR count). The number of benzene rings is 2. The number of amides is 2. The van der Waals surface area contributed by atoms with Gasteiger partial charge in [0, 0.05) is 25.1 Å². The summed E-state index contributed by atoms with van der Waals surface area (Å²) < 4.78 is 27.7. The van der Waals surface area contributed by atoms with Crippen molar-refractivity contribution in [2.24, 2.45) is 0 Å². The molecule has 0 saturated carbocycles. The lowest BCUT2D eigenvalue weighted by Gasteiger charge is -2.19. The fraction of sp³-hybridized carbons (Fsp3) is 0.333. The van der Waals surface area contributed by atoms with Crippen molar-refractivity contribution in [3.05, 3.63) is 65.2 Å². The summed E-state index contributed by atoms with van der Waals surface area (Å²) in [6.07, 6.45) is 5.19. The third-order valence-electron chi connectivity index (χ3n) is 4.74. The van der Waals surface area contributed by atoms with E-state index in [1.54, 1.807) is 36.4 Å². The topological polar surface area (TPSA) is 104 Å². The van der Waals surface area contributed by atoms with Crippen molar-refractivity contribution in [3.8, 4) is 12.3 Å². The summed E-state index contributed by atoms with van der Waals surface area (Å²) in [5.41, 5.74) is 2.13. The zero-order valence-corrected chi connectivity index (χ0v) is 19.4. The van der Waals surface area contributed by atoms with Crippen LogP contribution in [-0.2, 0) is 26.8 Å². The number of rotatable bonds is 9. The average Bonchev–Trinajstić information content (AvgIpc) is 2.76. The van der Waals surface area contributed by atoms with Crippen molar-refractivity contribution >= 4 is 21.8 Å². The maximum Gasteiger partial charge on any atom is 0.251 e. The Morgan fingerprint density at radius 1 is 0.969 bits per heavy atom. The molecule has 0 heterocycles. The molecule has 0 aliphatic carbocycles. The Morgan fingerprint density at radius 3 is 2.16 bits per heavy atom. The van der Waals surface area contributed by atoms with E-state index in [0.29, 0.717) is 11.1 Å². The van der Waals surface area contributed by atoms with Crippen molar-refractivity contribution in [1.82, 2.24) is 15.4 Å². The molecule has 8 heteroatoms. The number of carbonyl (C=O) groups excluding carboxylic acids is 2. The summed E-state index contributed by atoms with van der Waals surface area (Å²) in [5, 5.41) is 5.17. The van der Waals surface area contributed by atoms with Crippen LogP contribution in [-0.4, -0.2) is 33.3 Å². The van der Waals surface area contributed by atoms with Crippen LogP contribution >= 0.6 is 0 Å². The van der Waals surface area contributed by atoms with Crippen LogP contribution in [0.1, 0.15) is 48.7 Å². The van der Waals surface area contributed by atoms with Gasteiger partial charge in [0.05, 0.1) is 11.4 Å². The second-order valence-electron chi connectivity index (χ2n) is 8.28.